The van der Waals surface area contributed by atoms with Gasteiger partial charge in [-0.1, -0.05) is 25.7 Å². The largest absolute Gasteiger partial charge is 0.376 e. The molecule has 0 spiro atoms. The van der Waals surface area contributed by atoms with Crippen LogP contribution in [0.25, 0.3) is 0 Å². The van der Waals surface area contributed by atoms with Crippen LogP contribution >= 0.6 is 0 Å². The molecule has 2 saturated heterocycles. The number of hydrogen-bond donors (Lipinski definition) is 1. The molecule has 4 rings (SSSR count). The molecule has 2 aliphatic heterocycles. The van der Waals surface area contributed by atoms with Gasteiger partial charge in [-0.3, -0.25) is 14.5 Å². The van der Waals surface area contributed by atoms with Gasteiger partial charge in [-0.15, -0.1) is 0 Å². The normalized spacial score (nSPS) is 28.7. The number of carbonyl (C=O) groups is 2. The number of hydrogen-bond acceptors (Lipinski definition) is 4. The van der Waals surface area contributed by atoms with Crippen molar-refractivity contribution in [2.75, 3.05) is 39.3 Å². The van der Waals surface area contributed by atoms with Gasteiger partial charge in [-0.25, -0.2) is 0 Å². The molecule has 4 fully saturated rings. The summed E-state index contributed by atoms with van der Waals surface area (Å²) in [6, 6.07) is -0.0346. The van der Waals surface area contributed by atoms with Gasteiger partial charge in [0.1, 0.15) is 0 Å². The molecule has 28 heavy (non-hydrogen) atoms. The summed E-state index contributed by atoms with van der Waals surface area (Å²) < 4.78 is 5.67. The highest BCUT2D eigenvalue weighted by molar-refractivity contribution is 5.82. The minimum atomic E-state index is -0.0346. The lowest BCUT2D eigenvalue weighted by molar-refractivity contribution is -0.138. The van der Waals surface area contributed by atoms with Gasteiger partial charge in [0.2, 0.25) is 11.8 Å². The van der Waals surface area contributed by atoms with Crippen LogP contribution in [0.3, 0.4) is 0 Å². The SMILES string of the molecule is O=C(NC[C@@H]1CCCO1)[C@@H](C1CCCC1)N1CCN(C(=O)C2CCCC2)CC1. The van der Waals surface area contributed by atoms with Crippen molar-refractivity contribution in [3.63, 3.8) is 0 Å². The molecule has 2 heterocycles. The molecule has 6 heteroatoms. The van der Waals surface area contributed by atoms with E-state index in [4.69, 9.17) is 4.74 Å². The molecule has 2 amide bonds. The van der Waals surface area contributed by atoms with Gasteiger partial charge in [-0.2, -0.15) is 0 Å². The highest BCUT2D eigenvalue weighted by atomic mass is 16.5. The van der Waals surface area contributed by atoms with Gasteiger partial charge < -0.3 is 15.0 Å². The number of nitrogens with zero attached hydrogens (tertiary/aromatic N) is 2. The molecule has 4 aliphatic rings. The Bertz CT molecular complexity index is 529. The Morgan fingerprint density at radius 1 is 0.893 bits per heavy atom. The number of carbonyl (C=O) groups excluding carboxylic acids is 2. The highest BCUT2D eigenvalue weighted by Gasteiger charge is 2.38. The maximum atomic E-state index is 13.1. The second kappa shape index (κ2) is 9.57. The Morgan fingerprint density at radius 2 is 1.57 bits per heavy atom. The van der Waals surface area contributed by atoms with E-state index in [0.717, 1.165) is 71.3 Å². The Morgan fingerprint density at radius 3 is 2.21 bits per heavy atom. The van der Waals surface area contributed by atoms with E-state index in [1.165, 1.54) is 25.7 Å². The summed E-state index contributed by atoms with van der Waals surface area (Å²) in [6.07, 6.45) is 11.6. The van der Waals surface area contributed by atoms with Crippen molar-refractivity contribution in [2.45, 2.75) is 76.4 Å². The van der Waals surface area contributed by atoms with E-state index < -0.39 is 0 Å². The van der Waals surface area contributed by atoms with Crippen molar-refractivity contribution in [1.29, 1.82) is 0 Å². The van der Waals surface area contributed by atoms with Crippen molar-refractivity contribution in [3.05, 3.63) is 0 Å². The molecular weight excluding hydrogens is 354 g/mol. The van der Waals surface area contributed by atoms with E-state index in [1.54, 1.807) is 0 Å². The number of piperazine rings is 1. The summed E-state index contributed by atoms with van der Waals surface area (Å²) in [5.74, 6) is 1.25. The molecule has 0 radical (unpaired) electrons. The summed E-state index contributed by atoms with van der Waals surface area (Å²) >= 11 is 0. The average Bonchev–Trinajstić information content (AvgIpc) is 3.50. The van der Waals surface area contributed by atoms with Crippen molar-refractivity contribution in [1.82, 2.24) is 15.1 Å². The lowest BCUT2D eigenvalue weighted by Gasteiger charge is -2.41. The van der Waals surface area contributed by atoms with Gasteiger partial charge in [0.05, 0.1) is 12.1 Å². The topological polar surface area (TPSA) is 61.9 Å². The van der Waals surface area contributed by atoms with E-state index >= 15 is 0 Å². The molecule has 0 aromatic rings. The van der Waals surface area contributed by atoms with Gasteiger partial charge in [0.25, 0.3) is 0 Å². The number of amides is 2. The van der Waals surface area contributed by atoms with Crippen LogP contribution in [0.1, 0.15) is 64.2 Å². The second-order valence-electron chi connectivity index (χ2n) is 9.21. The van der Waals surface area contributed by atoms with E-state index in [9.17, 15) is 9.59 Å². The lowest BCUT2D eigenvalue weighted by Crippen LogP contribution is -2.58. The summed E-state index contributed by atoms with van der Waals surface area (Å²) in [6.45, 7) is 4.67. The number of rotatable bonds is 6. The zero-order valence-electron chi connectivity index (χ0n) is 17.2. The minimum absolute atomic E-state index is 0.0346. The third-order valence-electron chi connectivity index (χ3n) is 7.37. The van der Waals surface area contributed by atoms with Crippen LogP contribution in [0.5, 0.6) is 0 Å². The van der Waals surface area contributed by atoms with Crippen LogP contribution in [0.15, 0.2) is 0 Å². The Labute approximate surface area is 169 Å². The van der Waals surface area contributed by atoms with E-state index in [0.29, 0.717) is 18.4 Å². The van der Waals surface area contributed by atoms with Crippen LogP contribution in [-0.2, 0) is 14.3 Å². The van der Waals surface area contributed by atoms with Crippen molar-refractivity contribution < 1.29 is 14.3 Å². The quantitative estimate of drug-likeness (QED) is 0.754. The monoisotopic (exact) mass is 391 g/mol. The van der Waals surface area contributed by atoms with Gasteiger partial charge >= 0.3 is 0 Å². The summed E-state index contributed by atoms with van der Waals surface area (Å²) in [5.41, 5.74) is 0. The molecular formula is C22H37N3O3. The van der Waals surface area contributed by atoms with Crippen molar-refractivity contribution in [2.24, 2.45) is 11.8 Å². The number of nitrogens with one attached hydrogen (secondary N) is 1. The molecule has 0 aromatic carbocycles. The fraction of sp³-hybridized carbons (Fsp3) is 0.909. The summed E-state index contributed by atoms with van der Waals surface area (Å²) in [5, 5.41) is 3.19. The zero-order valence-corrected chi connectivity index (χ0v) is 17.2. The fourth-order valence-electron chi connectivity index (χ4n) is 5.73. The Balaban J connectivity index is 1.32. The maximum Gasteiger partial charge on any atom is 0.237 e. The smallest absolute Gasteiger partial charge is 0.237 e. The van der Waals surface area contributed by atoms with Crippen LogP contribution in [0.4, 0.5) is 0 Å². The highest BCUT2D eigenvalue weighted by Crippen LogP contribution is 2.32. The van der Waals surface area contributed by atoms with Crippen molar-refractivity contribution in [3.8, 4) is 0 Å². The van der Waals surface area contributed by atoms with Crippen LogP contribution in [0, 0.1) is 11.8 Å². The average molecular weight is 392 g/mol. The molecule has 2 aliphatic carbocycles. The van der Waals surface area contributed by atoms with E-state index in [1.807, 2.05) is 0 Å². The molecule has 0 aromatic heterocycles. The molecule has 0 bridgehead atoms. The fourth-order valence-corrected chi connectivity index (χ4v) is 5.73. The third-order valence-corrected chi connectivity index (χ3v) is 7.37. The molecule has 1 N–H and O–H groups in total. The first-order valence-corrected chi connectivity index (χ1v) is 11.6. The summed E-state index contributed by atoms with van der Waals surface area (Å²) in [7, 11) is 0. The maximum absolute atomic E-state index is 13.1. The van der Waals surface area contributed by atoms with Crippen LogP contribution in [-0.4, -0.2) is 73.1 Å². The molecule has 0 unspecified atom stereocenters. The summed E-state index contributed by atoms with van der Waals surface area (Å²) in [4.78, 5) is 30.3. The minimum Gasteiger partial charge on any atom is -0.376 e. The molecule has 2 atom stereocenters. The van der Waals surface area contributed by atoms with Crippen molar-refractivity contribution >= 4 is 11.8 Å². The van der Waals surface area contributed by atoms with Gasteiger partial charge in [0.15, 0.2) is 0 Å². The first kappa shape index (κ1) is 20.1. The molecule has 2 saturated carbocycles. The van der Waals surface area contributed by atoms with Gasteiger partial charge in [-0.05, 0) is 44.4 Å². The molecule has 6 nitrogen and oxygen atoms in total. The lowest BCUT2D eigenvalue weighted by atomic mass is 9.94. The predicted octanol–water partition coefficient (Wildman–Crippen LogP) is 2.17. The second-order valence-corrected chi connectivity index (χ2v) is 9.21. The Hall–Kier alpha value is -1.14. The van der Waals surface area contributed by atoms with Crippen LogP contribution in [0.2, 0.25) is 0 Å². The third kappa shape index (κ3) is 4.70. The molecule has 158 valence electrons. The standard InChI is InChI=1S/C22H37N3O3/c26-21(23-16-19-10-5-15-28-19)20(17-6-1-2-7-17)24-11-13-25(14-12-24)22(27)18-8-3-4-9-18/h17-20H,1-16H2,(H,23,26)/t19-,20+/m0/s1. The Kier molecular flexibility index (Phi) is 6.89. The van der Waals surface area contributed by atoms with E-state index in [2.05, 4.69) is 15.1 Å². The van der Waals surface area contributed by atoms with E-state index in [-0.39, 0.29) is 24.0 Å². The van der Waals surface area contributed by atoms with Gasteiger partial charge in [0, 0.05) is 45.2 Å². The first-order valence-electron chi connectivity index (χ1n) is 11.6. The zero-order chi connectivity index (χ0) is 19.3. The van der Waals surface area contributed by atoms with Crippen LogP contribution < -0.4 is 5.32 Å². The first-order chi connectivity index (χ1) is 13.7. The predicted molar refractivity (Wildman–Crippen MR) is 108 cm³/mol. The number of ether oxygens (including phenoxy) is 1.